The molecule has 0 heterocycles. The third-order valence-electron chi connectivity index (χ3n) is 2.15. The van der Waals surface area contributed by atoms with E-state index < -0.39 is 4.92 Å². The molecule has 0 fully saturated rings. The molecule has 6 heteroatoms. The van der Waals surface area contributed by atoms with E-state index >= 15 is 0 Å². The van der Waals surface area contributed by atoms with Crippen molar-refractivity contribution in [2.75, 3.05) is 6.61 Å². The number of nitrogens with zero attached hydrogens (tertiary/aromatic N) is 1. The molecule has 0 bridgehead atoms. The van der Waals surface area contributed by atoms with Gasteiger partial charge in [-0.3, -0.25) is 10.1 Å². The fraction of sp³-hybridized carbons (Fsp3) is 0.400. The van der Waals surface area contributed by atoms with E-state index in [4.69, 9.17) is 16.7 Å². The van der Waals surface area contributed by atoms with Crippen molar-refractivity contribution < 1.29 is 10.0 Å². The smallest absolute Gasteiger partial charge is 0.269 e. The van der Waals surface area contributed by atoms with Crippen LogP contribution in [0.15, 0.2) is 18.2 Å². The first kappa shape index (κ1) is 12.9. The quantitative estimate of drug-likeness (QED) is 0.611. The molecule has 0 radical (unpaired) electrons. The van der Waals surface area contributed by atoms with Crippen molar-refractivity contribution in [2.45, 2.75) is 19.5 Å². The lowest BCUT2D eigenvalue weighted by atomic mass is 10.2. The summed E-state index contributed by atoms with van der Waals surface area (Å²) in [5.74, 6) is 0. The van der Waals surface area contributed by atoms with Crippen LogP contribution in [-0.4, -0.2) is 22.7 Å². The fourth-order valence-electron chi connectivity index (χ4n) is 1.16. The van der Waals surface area contributed by atoms with Gasteiger partial charge in [0.1, 0.15) is 0 Å². The lowest BCUT2D eigenvalue weighted by Gasteiger charge is -2.11. The fourth-order valence-corrected chi connectivity index (χ4v) is 1.34. The van der Waals surface area contributed by atoms with Gasteiger partial charge in [0.2, 0.25) is 0 Å². The summed E-state index contributed by atoms with van der Waals surface area (Å²) in [5.41, 5.74) is 0.661. The maximum atomic E-state index is 10.6. The highest BCUT2D eigenvalue weighted by Crippen LogP contribution is 2.21. The minimum atomic E-state index is -0.463. The number of nitro benzene ring substituents is 1. The second kappa shape index (κ2) is 5.79. The zero-order valence-electron chi connectivity index (χ0n) is 8.81. The van der Waals surface area contributed by atoms with Gasteiger partial charge in [0, 0.05) is 29.7 Å². The molecule has 1 aromatic rings. The molecule has 2 N–H and O–H groups in total. The summed E-state index contributed by atoms with van der Waals surface area (Å²) >= 11 is 5.90. The third-order valence-corrected chi connectivity index (χ3v) is 2.52. The molecule has 0 spiro atoms. The van der Waals surface area contributed by atoms with E-state index in [1.54, 1.807) is 0 Å². The number of non-ortho nitro benzene ring substituents is 1. The summed E-state index contributed by atoms with van der Waals surface area (Å²) in [6.07, 6.45) is 0. The Morgan fingerprint density at radius 2 is 2.31 bits per heavy atom. The third kappa shape index (κ3) is 3.44. The van der Waals surface area contributed by atoms with Gasteiger partial charge in [-0.15, -0.1) is 0 Å². The summed E-state index contributed by atoms with van der Waals surface area (Å²) in [7, 11) is 0. The minimum Gasteiger partial charge on any atom is -0.395 e. The molecule has 0 aliphatic carbocycles. The monoisotopic (exact) mass is 244 g/mol. The number of halogens is 1. The second-order valence-corrected chi connectivity index (χ2v) is 3.90. The number of aliphatic hydroxyl groups is 1. The van der Waals surface area contributed by atoms with Gasteiger partial charge in [0.25, 0.3) is 5.69 Å². The molecule has 16 heavy (non-hydrogen) atoms. The Bertz CT molecular complexity index is 384. The molecule has 0 saturated carbocycles. The minimum absolute atomic E-state index is 0.00649. The Kier molecular flexibility index (Phi) is 4.67. The molecule has 0 amide bonds. The van der Waals surface area contributed by atoms with E-state index in [0.717, 1.165) is 0 Å². The van der Waals surface area contributed by atoms with E-state index in [9.17, 15) is 10.1 Å². The Balaban J connectivity index is 2.78. The predicted molar refractivity (Wildman–Crippen MR) is 61.5 cm³/mol. The average molecular weight is 245 g/mol. The molecule has 0 aliphatic rings. The molecular formula is C10H13ClN2O3. The molecule has 1 rings (SSSR count). The van der Waals surface area contributed by atoms with Gasteiger partial charge in [0.05, 0.1) is 11.5 Å². The van der Waals surface area contributed by atoms with Crippen LogP contribution in [0, 0.1) is 10.1 Å². The van der Waals surface area contributed by atoms with E-state index in [1.165, 1.54) is 18.2 Å². The van der Waals surface area contributed by atoms with Crippen LogP contribution in [0.25, 0.3) is 0 Å². The van der Waals surface area contributed by atoms with Crippen molar-refractivity contribution in [2.24, 2.45) is 0 Å². The number of nitrogens with one attached hydrogen (secondary N) is 1. The largest absolute Gasteiger partial charge is 0.395 e. The highest BCUT2D eigenvalue weighted by molar-refractivity contribution is 6.31. The number of rotatable bonds is 5. The van der Waals surface area contributed by atoms with Gasteiger partial charge in [-0.05, 0) is 18.6 Å². The highest BCUT2D eigenvalue weighted by atomic mass is 35.5. The normalized spacial score (nSPS) is 12.4. The van der Waals surface area contributed by atoms with Crippen LogP contribution >= 0.6 is 11.6 Å². The molecule has 1 atom stereocenters. The summed E-state index contributed by atoms with van der Waals surface area (Å²) < 4.78 is 0. The van der Waals surface area contributed by atoms with Crippen LogP contribution in [-0.2, 0) is 6.54 Å². The first-order valence-corrected chi connectivity index (χ1v) is 5.19. The lowest BCUT2D eigenvalue weighted by Crippen LogP contribution is -2.28. The Labute approximate surface area is 98.2 Å². The van der Waals surface area contributed by atoms with Crippen molar-refractivity contribution >= 4 is 17.3 Å². The van der Waals surface area contributed by atoms with Crippen LogP contribution in [0.3, 0.4) is 0 Å². The predicted octanol–water partition coefficient (Wildman–Crippen LogP) is 1.72. The SMILES string of the molecule is C[C@H](CO)NCc1cc([N+](=O)[O-])ccc1Cl. The number of hydrogen-bond donors (Lipinski definition) is 2. The maximum absolute atomic E-state index is 10.6. The molecule has 0 aliphatic heterocycles. The van der Waals surface area contributed by atoms with Crippen molar-refractivity contribution in [3.8, 4) is 0 Å². The molecule has 0 aromatic heterocycles. The summed E-state index contributed by atoms with van der Waals surface area (Å²) in [6.45, 7) is 2.21. The van der Waals surface area contributed by atoms with Crippen LogP contribution in [0.4, 0.5) is 5.69 Å². The summed E-state index contributed by atoms with van der Waals surface area (Å²) in [6, 6.07) is 4.22. The molecule has 88 valence electrons. The average Bonchev–Trinajstić information content (AvgIpc) is 2.27. The first-order valence-electron chi connectivity index (χ1n) is 4.81. The van der Waals surface area contributed by atoms with E-state index in [1.807, 2.05) is 6.92 Å². The second-order valence-electron chi connectivity index (χ2n) is 3.50. The first-order chi connectivity index (χ1) is 7.54. The van der Waals surface area contributed by atoms with E-state index in [-0.39, 0.29) is 18.3 Å². The number of aliphatic hydroxyl groups excluding tert-OH is 1. The topological polar surface area (TPSA) is 75.4 Å². The number of hydrogen-bond acceptors (Lipinski definition) is 4. The van der Waals surface area contributed by atoms with Gasteiger partial charge in [0.15, 0.2) is 0 Å². The zero-order chi connectivity index (χ0) is 12.1. The molecular weight excluding hydrogens is 232 g/mol. The van der Waals surface area contributed by atoms with Gasteiger partial charge in [-0.2, -0.15) is 0 Å². The van der Waals surface area contributed by atoms with Crippen LogP contribution in [0.2, 0.25) is 5.02 Å². The summed E-state index contributed by atoms with van der Waals surface area (Å²) in [5, 5.41) is 22.9. The van der Waals surface area contributed by atoms with Crippen molar-refractivity contribution in [3.63, 3.8) is 0 Å². The van der Waals surface area contributed by atoms with Gasteiger partial charge in [-0.1, -0.05) is 11.6 Å². The Hall–Kier alpha value is -1.17. The van der Waals surface area contributed by atoms with Gasteiger partial charge in [-0.25, -0.2) is 0 Å². The standard InChI is InChI=1S/C10H13ClN2O3/c1-7(6-14)12-5-8-4-9(13(15)16)2-3-10(8)11/h2-4,7,12,14H,5-6H2,1H3/t7-/m1/s1. The van der Waals surface area contributed by atoms with Gasteiger partial charge < -0.3 is 10.4 Å². The van der Waals surface area contributed by atoms with Crippen molar-refractivity contribution in [1.29, 1.82) is 0 Å². The van der Waals surface area contributed by atoms with E-state index in [2.05, 4.69) is 5.32 Å². The van der Waals surface area contributed by atoms with Crippen molar-refractivity contribution in [3.05, 3.63) is 38.9 Å². The van der Waals surface area contributed by atoms with Crippen LogP contribution < -0.4 is 5.32 Å². The Morgan fingerprint density at radius 1 is 1.62 bits per heavy atom. The van der Waals surface area contributed by atoms with Crippen LogP contribution in [0.1, 0.15) is 12.5 Å². The van der Waals surface area contributed by atoms with E-state index in [0.29, 0.717) is 17.1 Å². The lowest BCUT2D eigenvalue weighted by molar-refractivity contribution is -0.384. The summed E-state index contributed by atoms with van der Waals surface area (Å²) in [4.78, 5) is 10.1. The molecule has 5 nitrogen and oxygen atoms in total. The van der Waals surface area contributed by atoms with Crippen LogP contribution in [0.5, 0.6) is 0 Å². The Morgan fingerprint density at radius 3 is 2.88 bits per heavy atom. The number of benzene rings is 1. The van der Waals surface area contributed by atoms with Crippen molar-refractivity contribution in [1.82, 2.24) is 5.32 Å². The molecule has 1 aromatic carbocycles. The number of nitro groups is 1. The molecule has 0 unspecified atom stereocenters. The maximum Gasteiger partial charge on any atom is 0.269 e. The molecule has 0 saturated heterocycles. The highest BCUT2D eigenvalue weighted by Gasteiger charge is 2.10. The van der Waals surface area contributed by atoms with Gasteiger partial charge >= 0.3 is 0 Å². The zero-order valence-corrected chi connectivity index (χ0v) is 9.57.